The number of nitrogens with one attached hydrogen (secondary N) is 1. The number of nitrogens with zero attached hydrogens (tertiary/aromatic N) is 2. The van der Waals surface area contributed by atoms with Crippen molar-refractivity contribution >= 4 is 62.3 Å². The molecule has 1 N–H and O–H groups in total. The zero-order valence-electron chi connectivity index (χ0n) is 26.4. The first kappa shape index (κ1) is 36.1. The summed E-state index contributed by atoms with van der Waals surface area (Å²) in [6, 6.07) is 25.4. The lowest BCUT2D eigenvalue weighted by Crippen LogP contribution is -2.56. The molecule has 0 fully saturated rings. The van der Waals surface area contributed by atoms with Crippen LogP contribution in [0.3, 0.4) is 0 Å². The molecule has 0 saturated heterocycles. The zero-order chi connectivity index (χ0) is 34.4. The molecule has 0 radical (unpaired) electrons. The minimum atomic E-state index is -4.29. The van der Waals surface area contributed by atoms with Gasteiger partial charge in [-0.3, -0.25) is 13.9 Å². The number of rotatable bonds is 12. The van der Waals surface area contributed by atoms with Crippen LogP contribution in [0, 0.1) is 0 Å². The van der Waals surface area contributed by atoms with E-state index in [1.165, 1.54) is 42.3 Å². The number of anilines is 1. The SMILES string of the molecule is COc1ccc(N(CC(=O)N(Cc2ccc(Cl)c(Cl)c2)C(Cc2ccccc2)C(=O)NC(C)(C)C)S(=O)(=O)c2ccccc2)cc1Cl. The van der Waals surface area contributed by atoms with Gasteiger partial charge in [0.25, 0.3) is 10.0 Å². The Bertz CT molecular complexity index is 1820. The molecule has 0 heterocycles. The van der Waals surface area contributed by atoms with Crippen molar-refractivity contribution < 1.29 is 22.7 Å². The number of carbonyl (C=O) groups is 2. The minimum Gasteiger partial charge on any atom is -0.495 e. The largest absolute Gasteiger partial charge is 0.495 e. The molecule has 8 nitrogen and oxygen atoms in total. The van der Waals surface area contributed by atoms with Crippen molar-refractivity contribution in [3.05, 3.63) is 123 Å². The first-order chi connectivity index (χ1) is 22.2. The van der Waals surface area contributed by atoms with Crippen molar-refractivity contribution in [2.24, 2.45) is 0 Å². The third-order valence-electron chi connectivity index (χ3n) is 7.14. The van der Waals surface area contributed by atoms with E-state index in [-0.39, 0.29) is 33.6 Å². The van der Waals surface area contributed by atoms with Crippen LogP contribution in [0.2, 0.25) is 15.1 Å². The highest BCUT2D eigenvalue weighted by molar-refractivity contribution is 7.92. The van der Waals surface area contributed by atoms with E-state index in [1.54, 1.807) is 36.4 Å². The van der Waals surface area contributed by atoms with E-state index >= 15 is 0 Å². The van der Waals surface area contributed by atoms with Gasteiger partial charge in [0.2, 0.25) is 11.8 Å². The second-order valence-corrected chi connectivity index (χ2v) is 14.9. The molecular formula is C35H36Cl3N3O5S. The monoisotopic (exact) mass is 715 g/mol. The molecule has 12 heteroatoms. The number of carbonyl (C=O) groups excluding carboxylic acids is 2. The Kier molecular flexibility index (Phi) is 11.8. The van der Waals surface area contributed by atoms with Crippen LogP contribution in [0.15, 0.2) is 102 Å². The summed E-state index contributed by atoms with van der Waals surface area (Å²) in [6.07, 6.45) is 0.162. The highest BCUT2D eigenvalue weighted by atomic mass is 35.5. The van der Waals surface area contributed by atoms with E-state index < -0.39 is 40.0 Å². The molecule has 4 aromatic rings. The normalized spacial score (nSPS) is 12.2. The molecule has 0 spiro atoms. The summed E-state index contributed by atoms with van der Waals surface area (Å²) in [6.45, 7) is 4.83. The quantitative estimate of drug-likeness (QED) is 0.165. The Hall–Kier alpha value is -3.76. The van der Waals surface area contributed by atoms with E-state index in [0.29, 0.717) is 16.3 Å². The van der Waals surface area contributed by atoms with Crippen LogP contribution in [0.25, 0.3) is 0 Å². The van der Waals surface area contributed by atoms with Gasteiger partial charge in [-0.2, -0.15) is 0 Å². The number of hydrogen-bond donors (Lipinski definition) is 1. The summed E-state index contributed by atoms with van der Waals surface area (Å²) < 4.78 is 34.6. The molecule has 248 valence electrons. The van der Waals surface area contributed by atoms with Crippen LogP contribution in [0.1, 0.15) is 31.9 Å². The fourth-order valence-electron chi connectivity index (χ4n) is 4.90. The summed E-state index contributed by atoms with van der Waals surface area (Å²) in [5, 5.41) is 3.76. The third kappa shape index (κ3) is 9.41. The fraction of sp³-hybridized carbons (Fsp3) is 0.257. The average molecular weight is 717 g/mol. The summed E-state index contributed by atoms with van der Waals surface area (Å²) in [5.74, 6) is -0.700. The smallest absolute Gasteiger partial charge is 0.264 e. The molecule has 47 heavy (non-hydrogen) atoms. The summed E-state index contributed by atoms with van der Waals surface area (Å²) >= 11 is 19.0. The lowest BCUT2D eigenvalue weighted by atomic mass is 10.0. The van der Waals surface area contributed by atoms with Gasteiger partial charge >= 0.3 is 0 Å². The van der Waals surface area contributed by atoms with Gasteiger partial charge in [-0.15, -0.1) is 0 Å². The van der Waals surface area contributed by atoms with E-state index in [9.17, 15) is 18.0 Å². The number of hydrogen-bond acceptors (Lipinski definition) is 5. The number of sulfonamides is 1. The lowest BCUT2D eigenvalue weighted by molar-refractivity contribution is -0.140. The van der Waals surface area contributed by atoms with Gasteiger partial charge in [-0.1, -0.05) is 89.4 Å². The van der Waals surface area contributed by atoms with E-state index in [4.69, 9.17) is 39.5 Å². The molecule has 0 aliphatic carbocycles. The standard InChI is InChI=1S/C35H36Cl3N3O5S/c1-35(2,3)39-34(43)31(20-24-11-7-5-8-12-24)40(22-25-15-17-28(36)29(37)19-25)33(42)23-41(26-16-18-32(46-4)30(38)21-26)47(44,45)27-13-9-6-10-14-27/h5-19,21,31H,20,22-23H2,1-4H3,(H,39,43). The van der Waals surface area contributed by atoms with Gasteiger partial charge in [0.1, 0.15) is 18.3 Å². The van der Waals surface area contributed by atoms with Crippen molar-refractivity contribution in [3.8, 4) is 5.75 Å². The Balaban J connectivity index is 1.85. The molecular weight excluding hydrogens is 681 g/mol. The molecule has 0 saturated carbocycles. The van der Waals surface area contributed by atoms with Gasteiger partial charge in [0.05, 0.1) is 32.8 Å². The average Bonchev–Trinajstić information content (AvgIpc) is 3.03. The van der Waals surface area contributed by atoms with Gasteiger partial charge < -0.3 is 15.0 Å². The van der Waals surface area contributed by atoms with Crippen LogP contribution in [-0.4, -0.2) is 50.4 Å². The van der Waals surface area contributed by atoms with Crippen molar-refractivity contribution in [2.75, 3.05) is 18.0 Å². The summed E-state index contributed by atoms with van der Waals surface area (Å²) in [4.78, 5) is 29.9. The van der Waals surface area contributed by atoms with E-state index in [2.05, 4.69) is 5.32 Å². The predicted molar refractivity (Wildman–Crippen MR) is 188 cm³/mol. The first-order valence-corrected chi connectivity index (χ1v) is 17.3. The van der Waals surface area contributed by atoms with E-state index in [1.807, 2.05) is 51.1 Å². The Morgan fingerprint density at radius 1 is 0.809 bits per heavy atom. The number of ether oxygens (including phenoxy) is 1. The topological polar surface area (TPSA) is 96.0 Å². The molecule has 0 aliphatic heterocycles. The fourth-order valence-corrected chi connectivity index (χ4v) is 6.90. The second-order valence-electron chi connectivity index (χ2n) is 11.9. The predicted octanol–water partition coefficient (Wildman–Crippen LogP) is 7.41. The Morgan fingerprint density at radius 3 is 2.02 bits per heavy atom. The van der Waals surface area contributed by atoms with Gasteiger partial charge in [0, 0.05) is 18.5 Å². The van der Waals surface area contributed by atoms with Crippen LogP contribution in [0.4, 0.5) is 5.69 Å². The lowest BCUT2D eigenvalue weighted by Gasteiger charge is -2.35. The molecule has 0 aromatic heterocycles. The summed E-state index contributed by atoms with van der Waals surface area (Å²) in [5.41, 5.74) is 0.928. The van der Waals surface area contributed by atoms with Gasteiger partial charge in [-0.25, -0.2) is 8.42 Å². The second kappa shape index (κ2) is 15.4. The molecule has 0 bridgehead atoms. The molecule has 2 amide bonds. The van der Waals surface area contributed by atoms with Crippen LogP contribution in [-0.2, 0) is 32.6 Å². The van der Waals surface area contributed by atoms with Crippen LogP contribution >= 0.6 is 34.8 Å². The van der Waals surface area contributed by atoms with Gasteiger partial charge in [0.15, 0.2) is 0 Å². The summed E-state index contributed by atoms with van der Waals surface area (Å²) in [7, 11) is -2.85. The number of halogens is 3. The Morgan fingerprint density at radius 2 is 1.45 bits per heavy atom. The Labute approximate surface area is 291 Å². The van der Waals surface area contributed by atoms with E-state index in [0.717, 1.165) is 9.87 Å². The highest BCUT2D eigenvalue weighted by Gasteiger charge is 2.36. The maximum Gasteiger partial charge on any atom is 0.264 e. The van der Waals surface area contributed by atoms with Crippen molar-refractivity contribution in [1.82, 2.24) is 10.2 Å². The molecule has 4 aromatic carbocycles. The molecule has 4 rings (SSSR count). The zero-order valence-corrected chi connectivity index (χ0v) is 29.5. The van der Waals surface area contributed by atoms with Crippen molar-refractivity contribution in [3.63, 3.8) is 0 Å². The minimum absolute atomic E-state index is 0.0258. The maximum absolute atomic E-state index is 14.6. The number of benzene rings is 4. The molecule has 1 atom stereocenters. The maximum atomic E-state index is 14.6. The third-order valence-corrected chi connectivity index (χ3v) is 9.96. The number of amides is 2. The number of methoxy groups -OCH3 is 1. The van der Waals surface area contributed by atoms with Crippen molar-refractivity contribution in [2.45, 2.75) is 50.2 Å². The van der Waals surface area contributed by atoms with Gasteiger partial charge in [-0.05, 0) is 74.4 Å². The van der Waals surface area contributed by atoms with Crippen LogP contribution < -0.4 is 14.4 Å². The first-order valence-electron chi connectivity index (χ1n) is 14.7. The molecule has 0 aliphatic rings. The van der Waals surface area contributed by atoms with Crippen molar-refractivity contribution in [1.29, 1.82) is 0 Å². The highest BCUT2D eigenvalue weighted by Crippen LogP contribution is 2.32. The molecule has 1 unspecified atom stereocenters. The van der Waals surface area contributed by atoms with Crippen LogP contribution in [0.5, 0.6) is 5.75 Å².